The number of hydrogen-bond donors (Lipinski definition) is 2. The molecule has 0 atom stereocenters. The molecule has 0 unspecified atom stereocenters. The molecule has 2 aromatic heterocycles. The topological polar surface area (TPSA) is 118 Å². The number of aryl methyl sites for hydroxylation is 1. The number of benzene rings is 1. The van der Waals surface area contributed by atoms with Crippen LogP contribution in [0.1, 0.15) is 55.4 Å². The average Bonchev–Trinajstić information content (AvgIpc) is 3.54. The molecular weight excluding hydrogens is 574 g/mol. The number of aromatic nitrogens is 1. The molecule has 2 saturated heterocycles. The van der Waals surface area contributed by atoms with Crippen molar-refractivity contribution >= 4 is 50.9 Å². The number of likely N-dealkylation sites (tertiary alicyclic amines) is 2. The summed E-state index contributed by atoms with van der Waals surface area (Å²) in [6.07, 6.45) is 6.38. The summed E-state index contributed by atoms with van der Waals surface area (Å²) in [5, 5.41) is 3.61. The Kier molecular flexibility index (Phi) is 10.1. The first-order chi connectivity index (χ1) is 20.3. The highest BCUT2D eigenvalue weighted by Gasteiger charge is 2.29. The smallest absolute Gasteiger partial charge is 0.230 e. The van der Waals surface area contributed by atoms with Gasteiger partial charge in [0.15, 0.2) is 0 Å². The van der Waals surface area contributed by atoms with E-state index in [4.69, 9.17) is 22.1 Å². The molecule has 3 amide bonds. The molecular formula is C31H38ClN5O4S. The maximum Gasteiger partial charge on any atom is 0.230 e. The van der Waals surface area contributed by atoms with Gasteiger partial charge < -0.3 is 20.7 Å². The first-order valence-electron chi connectivity index (χ1n) is 14.7. The molecule has 224 valence electrons. The standard InChI is InChI=1S/C31H38ClN5O4S/c1-20-16-21(32)17-25(24-7-12-34-26-18-23(42-31(24)26)19-37-28(39)5-6-29(37)40)30(20)41-22-8-14-36(15-9-22)13-3-11-35-27(38)4-2-10-33/h7,12,16-18,22H,2-6,8-11,13-15,19,33H2,1H3,(H,35,38). The predicted octanol–water partition coefficient (Wildman–Crippen LogP) is 4.66. The number of carbonyl (C=O) groups is 3. The molecule has 11 heteroatoms. The van der Waals surface area contributed by atoms with Gasteiger partial charge in [-0.1, -0.05) is 11.6 Å². The Balaban J connectivity index is 1.25. The van der Waals surface area contributed by atoms with Crippen molar-refractivity contribution in [1.82, 2.24) is 20.1 Å². The molecule has 1 aromatic carbocycles. The van der Waals surface area contributed by atoms with E-state index in [9.17, 15) is 14.4 Å². The molecule has 5 rings (SSSR count). The molecule has 2 aliphatic rings. The van der Waals surface area contributed by atoms with E-state index in [-0.39, 0.29) is 43.2 Å². The molecule has 2 aliphatic heterocycles. The number of pyridine rings is 1. The molecule has 2 fully saturated rings. The normalized spacial score (nSPS) is 16.5. The van der Waals surface area contributed by atoms with Crippen LogP contribution in [-0.2, 0) is 20.9 Å². The molecule has 0 radical (unpaired) electrons. The number of rotatable bonds is 12. The third kappa shape index (κ3) is 7.29. The monoisotopic (exact) mass is 611 g/mol. The molecule has 9 nitrogen and oxygen atoms in total. The lowest BCUT2D eigenvalue weighted by atomic mass is 10.0. The van der Waals surface area contributed by atoms with Crippen molar-refractivity contribution in [1.29, 1.82) is 0 Å². The van der Waals surface area contributed by atoms with Gasteiger partial charge in [0.2, 0.25) is 17.7 Å². The number of nitrogens with zero attached hydrogens (tertiary/aromatic N) is 3. The van der Waals surface area contributed by atoms with E-state index in [1.54, 1.807) is 17.5 Å². The summed E-state index contributed by atoms with van der Waals surface area (Å²) >= 11 is 8.10. The van der Waals surface area contributed by atoms with Gasteiger partial charge in [0, 0.05) is 66.1 Å². The van der Waals surface area contributed by atoms with Gasteiger partial charge in [-0.2, -0.15) is 0 Å². The highest BCUT2D eigenvalue weighted by Crippen LogP contribution is 2.42. The van der Waals surface area contributed by atoms with E-state index in [1.165, 1.54) is 4.90 Å². The van der Waals surface area contributed by atoms with Crippen LogP contribution in [0.3, 0.4) is 0 Å². The minimum absolute atomic E-state index is 0.0729. The number of ether oxygens (including phenoxy) is 1. The zero-order valence-corrected chi connectivity index (χ0v) is 25.6. The van der Waals surface area contributed by atoms with E-state index < -0.39 is 0 Å². The second-order valence-electron chi connectivity index (χ2n) is 11.0. The lowest BCUT2D eigenvalue weighted by Gasteiger charge is -2.33. The van der Waals surface area contributed by atoms with Gasteiger partial charge >= 0.3 is 0 Å². The highest BCUT2D eigenvalue weighted by atomic mass is 35.5. The Morgan fingerprint density at radius 2 is 1.90 bits per heavy atom. The van der Waals surface area contributed by atoms with Gasteiger partial charge in [-0.15, -0.1) is 11.3 Å². The molecule has 0 aliphatic carbocycles. The number of thiophene rings is 1. The van der Waals surface area contributed by atoms with Crippen LogP contribution in [0.4, 0.5) is 0 Å². The number of piperidine rings is 1. The van der Waals surface area contributed by atoms with Crippen LogP contribution < -0.4 is 15.8 Å². The fourth-order valence-electron chi connectivity index (χ4n) is 5.62. The van der Waals surface area contributed by atoms with Crippen molar-refractivity contribution in [2.75, 3.05) is 32.7 Å². The number of halogens is 1. The van der Waals surface area contributed by atoms with Crippen molar-refractivity contribution in [3.8, 4) is 16.9 Å². The first-order valence-corrected chi connectivity index (χ1v) is 15.9. The first kappa shape index (κ1) is 30.4. The number of nitrogens with two attached hydrogens (primary N) is 1. The summed E-state index contributed by atoms with van der Waals surface area (Å²) < 4.78 is 7.67. The third-order valence-corrected chi connectivity index (χ3v) is 9.22. The average molecular weight is 612 g/mol. The van der Waals surface area contributed by atoms with Crippen LogP contribution >= 0.6 is 22.9 Å². The fraction of sp³-hybridized carbons (Fsp3) is 0.484. The summed E-state index contributed by atoms with van der Waals surface area (Å²) in [5.74, 6) is 0.653. The van der Waals surface area contributed by atoms with E-state index >= 15 is 0 Å². The van der Waals surface area contributed by atoms with Gasteiger partial charge in [-0.25, -0.2) is 0 Å². The van der Waals surface area contributed by atoms with Crippen molar-refractivity contribution in [3.05, 3.63) is 45.9 Å². The Labute approximate surface area is 255 Å². The maximum atomic E-state index is 12.2. The number of carbonyl (C=O) groups excluding carboxylic acids is 3. The zero-order valence-electron chi connectivity index (χ0n) is 24.0. The number of nitrogens with one attached hydrogen (secondary N) is 1. The zero-order chi connectivity index (χ0) is 29.6. The molecule has 42 heavy (non-hydrogen) atoms. The van der Waals surface area contributed by atoms with Gasteiger partial charge in [0.05, 0.1) is 16.8 Å². The van der Waals surface area contributed by atoms with Crippen molar-refractivity contribution in [2.24, 2.45) is 5.73 Å². The van der Waals surface area contributed by atoms with E-state index in [2.05, 4.69) is 15.2 Å². The molecule has 0 saturated carbocycles. The van der Waals surface area contributed by atoms with Crippen LogP contribution in [0.25, 0.3) is 21.3 Å². The Morgan fingerprint density at radius 1 is 1.14 bits per heavy atom. The third-order valence-electron chi connectivity index (χ3n) is 7.86. The summed E-state index contributed by atoms with van der Waals surface area (Å²) in [6.45, 7) is 6.33. The lowest BCUT2D eigenvalue weighted by molar-refractivity contribution is -0.139. The minimum Gasteiger partial charge on any atom is -0.489 e. The van der Waals surface area contributed by atoms with Crippen molar-refractivity contribution in [3.63, 3.8) is 0 Å². The van der Waals surface area contributed by atoms with Crippen LogP contribution in [0, 0.1) is 6.92 Å². The fourth-order valence-corrected chi connectivity index (χ4v) is 7.02. The molecule has 0 spiro atoms. The predicted molar refractivity (Wildman–Crippen MR) is 166 cm³/mol. The maximum absolute atomic E-state index is 12.2. The number of imide groups is 1. The number of hydrogen-bond acceptors (Lipinski definition) is 8. The number of amides is 3. The van der Waals surface area contributed by atoms with Crippen molar-refractivity contribution in [2.45, 2.75) is 64.5 Å². The number of fused-ring (bicyclic) bond motifs is 1. The Bertz CT molecular complexity index is 1440. The largest absolute Gasteiger partial charge is 0.489 e. The quantitative estimate of drug-likeness (QED) is 0.226. The molecule has 0 bridgehead atoms. The van der Waals surface area contributed by atoms with Gasteiger partial charge in [0.1, 0.15) is 11.9 Å². The second-order valence-corrected chi connectivity index (χ2v) is 12.6. The molecule has 4 heterocycles. The van der Waals surface area contributed by atoms with E-state index in [0.29, 0.717) is 24.5 Å². The van der Waals surface area contributed by atoms with Crippen LogP contribution in [0.5, 0.6) is 5.75 Å². The Hall–Kier alpha value is -3.05. The lowest BCUT2D eigenvalue weighted by Crippen LogP contribution is -2.39. The SMILES string of the molecule is Cc1cc(Cl)cc(-c2ccnc3cc(CN4C(=O)CCC4=O)sc23)c1OC1CCN(CCCNC(=O)CCCN)CC1. The van der Waals surface area contributed by atoms with Crippen molar-refractivity contribution < 1.29 is 19.1 Å². The highest BCUT2D eigenvalue weighted by molar-refractivity contribution is 7.19. The summed E-state index contributed by atoms with van der Waals surface area (Å²) in [5.41, 5.74) is 9.16. The molecule has 3 aromatic rings. The second kappa shape index (κ2) is 13.9. The summed E-state index contributed by atoms with van der Waals surface area (Å²) in [6, 6.07) is 7.81. The van der Waals surface area contributed by atoms with E-state index in [1.807, 2.05) is 31.2 Å². The van der Waals surface area contributed by atoms with Gasteiger partial charge in [0.25, 0.3) is 0 Å². The van der Waals surface area contributed by atoms with Gasteiger partial charge in [-0.05, 0) is 75.5 Å². The van der Waals surface area contributed by atoms with Crippen LogP contribution in [0.2, 0.25) is 5.02 Å². The summed E-state index contributed by atoms with van der Waals surface area (Å²) in [4.78, 5) is 45.4. The minimum atomic E-state index is -0.122. The van der Waals surface area contributed by atoms with Crippen LogP contribution in [-0.4, -0.2) is 71.3 Å². The van der Waals surface area contributed by atoms with E-state index in [0.717, 1.165) is 82.9 Å². The summed E-state index contributed by atoms with van der Waals surface area (Å²) in [7, 11) is 0. The Morgan fingerprint density at radius 3 is 2.64 bits per heavy atom. The van der Waals surface area contributed by atoms with Gasteiger partial charge in [-0.3, -0.25) is 24.3 Å². The molecule has 3 N–H and O–H groups in total. The van der Waals surface area contributed by atoms with Crippen LogP contribution in [0.15, 0.2) is 30.5 Å².